The number of rotatable bonds is 3. The summed E-state index contributed by atoms with van der Waals surface area (Å²) in [4.78, 5) is 4.62. The largest absolute Gasteiger partial charge is 0.256 e. The summed E-state index contributed by atoms with van der Waals surface area (Å²) < 4.78 is 0. The molecule has 0 saturated carbocycles. The minimum absolute atomic E-state index is 0.996. The van der Waals surface area contributed by atoms with E-state index < -0.39 is 0 Å². The fourth-order valence-corrected chi connectivity index (χ4v) is 5.64. The molecule has 0 saturated heterocycles. The Labute approximate surface area is 216 Å². The standard InChI is InChI=1S/C36H25N/c1-24-19-29(35-15-6-7-18-37-35)23-30(20-24)36-33-13-5-3-10-26(33)21-28-22-27(16-17-34(28)36)32-14-8-11-25-9-2-4-12-31(25)32/h2-23H,1H3. The van der Waals surface area contributed by atoms with Gasteiger partial charge in [0.2, 0.25) is 0 Å². The number of aryl methyl sites for hydroxylation is 1. The van der Waals surface area contributed by atoms with Gasteiger partial charge in [0.1, 0.15) is 0 Å². The van der Waals surface area contributed by atoms with Gasteiger partial charge < -0.3 is 0 Å². The quantitative estimate of drug-likeness (QED) is 0.234. The van der Waals surface area contributed by atoms with Crippen molar-refractivity contribution in [1.82, 2.24) is 4.98 Å². The first-order chi connectivity index (χ1) is 18.2. The summed E-state index contributed by atoms with van der Waals surface area (Å²) in [5.74, 6) is 0. The van der Waals surface area contributed by atoms with E-state index in [0.717, 1.165) is 11.3 Å². The van der Waals surface area contributed by atoms with Crippen LogP contribution in [-0.4, -0.2) is 4.98 Å². The molecule has 6 aromatic carbocycles. The van der Waals surface area contributed by atoms with E-state index >= 15 is 0 Å². The summed E-state index contributed by atoms with van der Waals surface area (Å²) in [5, 5.41) is 7.58. The molecule has 0 spiro atoms. The zero-order valence-electron chi connectivity index (χ0n) is 20.6. The van der Waals surface area contributed by atoms with Crippen LogP contribution in [-0.2, 0) is 0 Å². The van der Waals surface area contributed by atoms with Gasteiger partial charge in [-0.3, -0.25) is 4.98 Å². The summed E-state index contributed by atoms with van der Waals surface area (Å²) in [6.07, 6.45) is 1.86. The number of hydrogen-bond donors (Lipinski definition) is 0. The highest BCUT2D eigenvalue weighted by Crippen LogP contribution is 2.40. The van der Waals surface area contributed by atoms with Gasteiger partial charge in [-0.25, -0.2) is 0 Å². The predicted molar refractivity (Wildman–Crippen MR) is 158 cm³/mol. The average molecular weight is 472 g/mol. The van der Waals surface area contributed by atoms with Crippen molar-refractivity contribution in [3.05, 3.63) is 139 Å². The minimum atomic E-state index is 0.996. The summed E-state index contributed by atoms with van der Waals surface area (Å²) in [6, 6.07) is 46.1. The summed E-state index contributed by atoms with van der Waals surface area (Å²) in [5.41, 5.74) is 8.37. The number of nitrogens with zero attached hydrogens (tertiary/aromatic N) is 1. The smallest absolute Gasteiger partial charge is 0.0702 e. The van der Waals surface area contributed by atoms with Gasteiger partial charge in [0.25, 0.3) is 0 Å². The van der Waals surface area contributed by atoms with Gasteiger partial charge in [0.15, 0.2) is 0 Å². The van der Waals surface area contributed by atoms with Crippen molar-refractivity contribution in [3.63, 3.8) is 0 Å². The zero-order valence-corrected chi connectivity index (χ0v) is 20.6. The molecule has 0 atom stereocenters. The lowest BCUT2D eigenvalue weighted by molar-refractivity contribution is 1.32. The van der Waals surface area contributed by atoms with Crippen molar-refractivity contribution in [2.75, 3.05) is 0 Å². The molecular formula is C36H25N. The van der Waals surface area contributed by atoms with Gasteiger partial charge >= 0.3 is 0 Å². The monoisotopic (exact) mass is 471 g/mol. The molecule has 0 bridgehead atoms. The molecular weight excluding hydrogens is 446 g/mol. The van der Waals surface area contributed by atoms with Crippen molar-refractivity contribution in [2.45, 2.75) is 6.92 Å². The van der Waals surface area contributed by atoms with Crippen LogP contribution < -0.4 is 0 Å². The van der Waals surface area contributed by atoms with Crippen molar-refractivity contribution < 1.29 is 0 Å². The van der Waals surface area contributed by atoms with Crippen LogP contribution in [0.1, 0.15) is 5.56 Å². The maximum Gasteiger partial charge on any atom is 0.0702 e. The van der Waals surface area contributed by atoms with Crippen molar-refractivity contribution >= 4 is 32.3 Å². The van der Waals surface area contributed by atoms with Crippen LogP contribution in [0.4, 0.5) is 0 Å². The van der Waals surface area contributed by atoms with Gasteiger partial charge in [0.05, 0.1) is 5.69 Å². The van der Waals surface area contributed by atoms with Crippen LogP contribution in [0.15, 0.2) is 134 Å². The Balaban J connectivity index is 1.50. The lowest BCUT2D eigenvalue weighted by atomic mass is 9.88. The number of aromatic nitrogens is 1. The fraction of sp³-hybridized carbons (Fsp3) is 0.0278. The van der Waals surface area contributed by atoms with E-state index in [0.29, 0.717) is 0 Å². The Morgan fingerprint density at radius 2 is 1.19 bits per heavy atom. The SMILES string of the molecule is Cc1cc(-c2ccccn2)cc(-c2c3ccccc3cc3cc(-c4cccc5ccccc45)ccc23)c1. The van der Waals surface area contributed by atoms with Gasteiger partial charge in [-0.05, 0) is 103 Å². The molecule has 0 N–H and O–H groups in total. The maximum atomic E-state index is 4.62. The van der Waals surface area contributed by atoms with Crippen LogP contribution in [0.2, 0.25) is 0 Å². The molecule has 1 heteroatoms. The Kier molecular flexibility index (Phi) is 5.08. The molecule has 0 radical (unpaired) electrons. The van der Waals surface area contributed by atoms with E-state index in [2.05, 4.69) is 127 Å². The molecule has 0 aliphatic carbocycles. The van der Waals surface area contributed by atoms with Crippen molar-refractivity contribution in [1.29, 1.82) is 0 Å². The van der Waals surface area contributed by atoms with Gasteiger partial charge in [0, 0.05) is 11.8 Å². The van der Waals surface area contributed by atoms with Crippen LogP contribution in [0.5, 0.6) is 0 Å². The third kappa shape index (κ3) is 3.77. The van der Waals surface area contributed by atoms with E-state index in [9.17, 15) is 0 Å². The highest BCUT2D eigenvalue weighted by atomic mass is 14.7. The van der Waals surface area contributed by atoms with Gasteiger partial charge in [-0.1, -0.05) is 91.0 Å². The molecule has 37 heavy (non-hydrogen) atoms. The van der Waals surface area contributed by atoms with Crippen molar-refractivity contribution in [3.8, 4) is 33.5 Å². The van der Waals surface area contributed by atoms with Crippen LogP contribution in [0.25, 0.3) is 65.8 Å². The van der Waals surface area contributed by atoms with Crippen molar-refractivity contribution in [2.24, 2.45) is 0 Å². The number of fused-ring (bicyclic) bond motifs is 3. The molecule has 0 amide bonds. The lowest BCUT2D eigenvalue weighted by Gasteiger charge is -2.16. The highest BCUT2D eigenvalue weighted by Gasteiger charge is 2.14. The molecule has 0 fully saturated rings. The van der Waals surface area contributed by atoms with E-state index in [1.807, 2.05) is 18.3 Å². The Morgan fingerprint density at radius 3 is 2.05 bits per heavy atom. The first-order valence-electron chi connectivity index (χ1n) is 12.7. The molecule has 174 valence electrons. The first kappa shape index (κ1) is 21.5. The Morgan fingerprint density at radius 1 is 0.459 bits per heavy atom. The summed E-state index contributed by atoms with van der Waals surface area (Å²) in [6.45, 7) is 2.17. The van der Waals surface area contributed by atoms with E-state index in [-0.39, 0.29) is 0 Å². The molecule has 7 rings (SSSR count). The van der Waals surface area contributed by atoms with Gasteiger partial charge in [-0.2, -0.15) is 0 Å². The molecule has 1 aromatic heterocycles. The van der Waals surface area contributed by atoms with E-state index in [4.69, 9.17) is 0 Å². The maximum absolute atomic E-state index is 4.62. The minimum Gasteiger partial charge on any atom is -0.256 e. The predicted octanol–water partition coefficient (Wildman–Crippen LogP) is 9.85. The number of pyridine rings is 1. The van der Waals surface area contributed by atoms with Gasteiger partial charge in [-0.15, -0.1) is 0 Å². The second-order valence-electron chi connectivity index (χ2n) is 9.74. The van der Waals surface area contributed by atoms with E-state index in [1.165, 1.54) is 60.1 Å². The third-order valence-corrected chi connectivity index (χ3v) is 7.29. The van der Waals surface area contributed by atoms with Crippen LogP contribution in [0.3, 0.4) is 0 Å². The average Bonchev–Trinajstić information content (AvgIpc) is 2.95. The Hall–Kier alpha value is -4.75. The number of hydrogen-bond acceptors (Lipinski definition) is 1. The first-order valence-corrected chi connectivity index (χ1v) is 12.7. The topological polar surface area (TPSA) is 12.9 Å². The molecule has 7 aromatic rings. The third-order valence-electron chi connectivity index (χ3n) is 7.29. The summed E-state index contributed by atoms with van der Waals surface area (Å²) in [7, 11) is 0. The lowest BCUT2D eigenvalue weighted by Crippen LogP contribution is -1.90. The van der Waals surface area contributed by atoms with Crippen LogP contribution >= 0.6 is 0 Å². The number of benzene rings is 6. The molecule has 1 nitrogen and oxygen atoms in total. The second-order valence-corrected chi connectivity index (χ2v) is 9.74. The van der Waals surface area contributed by atoms with E-state index in [1.54, 1.807) is 0 Å². The summed E-state index contributed by atoms with van der Waals surface area (Å²) >= 11 is 0. The second kappa shape index (κ2) is 8.72. The zero-order chi connectivity index (χ0) is 24.8. The molecule has 1 heterocycles. The van der Waals surface area contributed by atoms with Crippen LogP contribution in [0, 0.1) is 6.92 Å². The fourth-order valence-electron chi connectivity index (χ4n) is 5.64. The molecule has 0 unspecified atom stereocenters. The Bertz CT molecular complexity index is 1930. The molecule has 0 aliphatic rings. The molecule has 0 aliphatic heterocycles. The highest BCUT2D eigenvalue weighted by molar-refractivity contribution is 6.14. The normalized spacial score (nSPS) is 11.4.